The lowest BCUT2D eigenvalue weighted by Gasteiger charge is -2.31. The number of anilines is 1. The molecular weight excluding hydrogens is 214 g/mol. The molecule has 1 aromatic rings. The van der Waals surface area contributed by atoms with E-state index in [4.69, 9.17) is 10.5 Å². The molecule has 2 unspecified atom stereocenters. The first-order valence-electron chi connectivity index (χ1n) is 6.20. The van der Waals surface area contributed by atoms with Crippen molar-refractivity contribution >= 4 is 5.82 Å². The highest BCUT2D eigenvalue weighted by Gasteiger charge is 2.27. The van der Waals surface area contributed by atoms with Gasteiger partial charge in [0.15, 0.2) is 0 Å². The van der Waals surface area contributed by atoms with Crippen molar-refractivity contribution < 1.29 is 4.74 Å². The summed E-state index contributed by atoms with van der Waals surface area (Å²) in [6.07, 6.45) is 4.07. The first kappa shape index (κ1) is 12.3. The normalized spacial score (nSPS) is 22.4. The van der Waals surface area contributed by atoms with Gasteiger partial charge < -0.3 is 15.8 Å². The zero-order valence-corrected chi connectivity index (χ0v) is 10.6. The minimum atomic E-state index is 0.240. The third-order valence-corrected chi connectivity index (χ3v) is 3.53. The molecular formula is C13H21N3O. The van der Waals surface area contributed by atoms with Crippen LogP contribution in [0.4, 0.5) is 5.82 Å². The average molecular weight is 235 g/mol. The highest BCUT2D eigenvalue weighted by atomic mass is 16.5. The molecule has 1 aliphatic heterocycles. The number of hydrogen-bond acceptors (Lipinski definition) is 4. The van der Waals surface area contributed by atoms with Crippen LogP contribution in [-0.2, 0) is 4.74 Å². The molecule has 0 aliphatic carbocycles. The van der Waals surface area contributed by atoms with Crippen molar-refractivity contribution in [2.75, 3.05) is 26.0 Å². The van der Waals surface area contributed by atoms with Crippen molar-refractivity contribution in [1.82, 2.24) is 10.3 Å². The molecule has 0 spiro atoms. The van der Waals surface area contributed by atoms with Crippen LogP contribution in [-0.4, -0.2) is 25.2 Å². The van der Waals surface area contributed by atoms with Gasteiger partial charge in [-0.05, 0) is 38.4 Å². The molecule has 0 bridgehead atoms. The van der Waals surface area contributed by atoms with Gasteiger partial charge in [0, 0.05) is 30.3 Å². The van der Waals surface area contributed by atoms with Crippen LogP contribution in [0.3, 0.4) is 0 Å². The Morgan fingerprint density at radius 1 is 1.59 bits per heavy atom. The van der Waals surface area contributed by atoms with E-state index in [0.717, 1.165) is 25.2 Å². The monoisotopic (exact) mass is 235 g/mol. The molecule has 2 rings (SSSR count). The maximum absolute atomic E-state index is 6.01. The lowest BCUT2D eigenvalue weighted by Crippen LogP contribution is -2.32. The van der Waals surface area contributed by atoms with Crippen LogP contribution in [0.1, 0.15) is 30.0 Å². The molecule has 0 amide bonds. The van der Waals surface area contributed by atoms with Crippen LogP contribution in [0.25, 0.3) is 0 Å². The summed E-state index contributed by atoms with van der Waals surface area (Å²) in [5, 5.41) is 3.37. The van der Waals surface area contributed by atoms with Gasteiger partial charge in [-0.15, -0.1) is 0 Å². The zero-order valence-electron chi connectivity index (χ0n) is 10.6. The van der Waals surface area contributed by atoms with Crippen LogP contribution >= 0.6 is 0 Å². The lowest BCUT2D eigenvalue weighted by atomic mass is 9.87. The highest BCUT2D eigenvalue weighted by molar-refractivity contribution is 5.46. The molecule has 1 aliphatic rings. The Balaban J connectivity index is 2.27. The van der Waals surface area contributed by atoms with Crippen LogP contribution < -0.4 is 11.1 Å². The number of nitrogen functional groups attached to an aromatic ring is 1. The summed E-state index contributed by atoms with van der Waals surface area (Å²) in [5.74, 6) is 1.12. The topological polar surface area (TPSA) is 60.2 Å². The summed E-state index contributed by atoms with van der Waals surface area (Å²) in [5.41, 5.74) is 8.34. The Kier molecular flexibility index (Phi) is 3.97. The second kappa shape index (κ2) is 5.47. The number of aryl methyl sites for hydroxylation is 1. The zero-order chi connectivity index (χ0) is 12.3. The summed E-state index contributed by atoms with van der Waals surface area (Å²) in [7, 11) is 1.98. The quantitative estimate of drug-likeness (QED) is 0.836. The van der Waals surface area contributed by atoms with E-state index in [9.17, 15) is 0 Å². The molecule has 1 fully saturated rings. The molecule has 0 radical (unpaired) electrons. The number of nitrogens with two attached hydrogens (primary N) is 1. The van der Waals surface area contributed by atoms with Gasteiger partial charge in [-0.2, -0.15) is 0 Å². The Morgan fingerprint density at radius 3 is 3.00 bits per heavy atom. The maximum Gasteiger partial charge on any atom is 0.128 e. The van der Waals surface area contributed by atoms with Crippen molar-refractivity contribution in [2.45, 2.75) is 25.8 Å². The van der Waals surface area contributed by atoms with E-state index in [0.29, 0.717) is 11.7 Å². The second-order valence-corrected chi connectivity index (χ2v) is 4.67. The van der Waals surface area contributed by atoms with Crippen LogP contribution in [0.15, 0.2) is 12.3 Å². The third kappa shape index (κ3) is 2.58. The first-order valence-corrected chi connectivity index (χ1v) is 6.20. The van der Waals surface area contributed by atoms with Gasteiger partial charge >= 0.3 is 0 Å². The fourth-order valence-electron chi connectivity index (χ4n) is 2.64. The number of nitrogens with zero attached hydrogens (tertiary/aromatic N) is 1. The summed E-state index contributed by atoms with van der Waals surface area (Å²) in [4.78, 5) is 4.20. The van der Waals surface area contributed by atoms with Gasteiger partial charge in [0.1, 0.15) is 5.82 Å². The fraction of sp³-hybridized carbons (Fsp3) is 0.615. The van der Waals surface area contributed by atoms with Gasteiger partial charge in [-0.25, -0.2) is 4.98 Å². The van der Waals surface area contributed by atoms with Crippen LogP contribution in [0, 0.1) is 12.8 Å². The fourth-order valence-corrected chi connectivity index (χ4v) is 2.64. The standard InChI is InChI=1S/C13H21N3O/c1-9-5-6-16-13(14)11(9)12(15-2)10-4-3-7-17-8-10/h5-6,10,12,15H,3-4,7-8H2,1-2H3,(H2,14,16). The first-order chi connectivity index (χ1) is 8.24. The minimum absolute atomic E-state index is 0.240. The van der Waals surface area contributed by atoms with Crippen molar-refractivity contribution in [2.24, 2.45) is 5.92 Å². The molecule has 4 nitrogen and oxygen atoms in total. The number of hydrogen-bond donors (Lipinski definition) is 2. The number of ether oxygens (including phenoxy) is 1. The van der Waals surface area contributed by atoms with Crippen molar-refractivity contribution in [1.29, 1.82) is 0 Å². The summed E-state index contributed by atoms with van der Waals surface area (Å²) in [6.45, 7) is 3.77. The van der Waals surface area contributed by atoms with Crippen molar-refractivity contribution in [3.05, 3.63) is 23.4 Å². The molecule has 3 N–H and O–H groups in total. The minimum Gasteiger partial charge on any atom is -0.383 e. The van der Waals surface area contributed by atoms with E-state index in [1.54, 1.807) is 6.20 Å². The number of rotatable bonds is 3. The molecule has 0 aromatic carbocycles. The Morgan fingerprint density at radius 2 is 2.41 bits per heavy atom. The summed E-state index contributed by atoms with van der Waals surface area (Å²) >= 11 is 0. The van der Waals surface area contributed by atoms with Crippen molar-refractivity contribution in [3.8, 4) is 0 Å². The molecule has 2 heterocycles. The van der Waals surface area contributed by atoms with E-state index in [-0.39, 0.29) is 6.04 Å². The van der Waals surface area contributed by atoms with Gasteiger partial charge in [0.25, 0.3) is 0 Å². The summed E-state index contributed by atoms with van der Waals surface area (Å²) < 4.78 is 5.56. The highest BCUT2D eigenvalue weighted by Crippen LogP contribution is 2.32. The smallest absolute Gasteiger partial charge is 0.128 e. The SMILES string of the molecule is CNC(c1c(C)ccnc1N)C1CCCOC1. The molecule has 4 heteroatoms. The molecule has 94 valence electrons. The third-order valence-electron chi connectivity index (χ3n) is 3.53. The average Bonchev–Trinajstić information content (AvgIpc) is 2.35. The number of pyridine rings is 1. The van der Waals surface area contributed by atoms with Crippen LogP contribution in [0.5, 0.6) is 0 Å². The summed E-state index contributed by atoms with van der Waals surface area (Å²) in [6, 6.07) is 2.25. The number of nitrogens with one attached hydrogen (secondary N) is 1. The maximum atomic E-state index is 6.01. The number of aromatic nitrogens is 1. The Hall–Kier alpha value is -1.13. The van der Waals surface area contributed by atoms with E-state index in [1.807, 2.05) is 13.1 Å². The van der Waals surface area contributed by atoms with E-state index >= 15 is 0 Å². The Labute approximate surface area is 103 Å². The van der Waals surface area contributed by atoms with Crippen molar-refractivity contribution in [3.63, 3.8) is 0 Å². The van der Waals surface area contributed by atoms with Crippen LogP contribution in [0.2, 0.25) is 0 Å². The Bertz CT molecular complexity index is 355. The van der Waals surface area contributed by atoms with Gasteiger partial charge in [0.2, 0.25) is 0 Å². The second-order valence-electron chi connectivity index (χ2n) is 4.67. The van der Waals surface area contributed by atoms with Gasteiger partial charge in [-0.1, -0.05) is 0 Å². The lowest BCUT2D eigenvalue weighted by molar-refractivity contribution is 0.0402. The predicted octanol–water partition coefficient (Wildman–Crippen LogP) is 1.66. The van der Waals surface area contributed by atoms with E-state index in [1.165, 1.54) is 12.0 Å². The largest absolute Gasteiger partial charge is 0.383 e. The molecule has 17 heavy (non-hydrogen) atoms. The van der Waals surface area contributed by atoms with Gasteiger partial charge in [-0.3, -0.25) is 0 Å². The molecule has 2 atom stereocenters. The molecule has 1 saturated heterocycles. The van der Waals surface area contributed by atoms with E-state index < -0.39 is 0 Å². The predicted molar refractivity (Wildman–Crippen MR) is 68.7 cm³/mol. The van der Waals surface area contributed by atoms with E-state index in [2.05, 4.69) is 17.2 Å². The van der Waals surface area contributed by atoms with Gasteiger partial charge in [0.05, 0.1) is 6.61 Å². The molecule has 0 saturated carbocycles. The molecule has 1 aromatic heterocycles.